The van der Waals surface area contributed by atoms with Crippen LogP contribution in [0.1, 0.15) is 18.4 Å². The van der Waals surface area contributed by atoms with Gasteiger partial charge in [0.15, 0.2) is 0 Å². The summed E-state index contributed by atoms with van der Waals surface area (Å²) in [5, 5.41) is 0. The Kier molecular flexibility index (Phi) is 4.04. The lowest BCUT2D eigenvalue weighted by atomic mass is 10.1. The first-order chi connectivity index (χ1) is 8.29. The molecular formula is C14H19NO2. The van der Waals surface area contributed by atoms with Gasteiger partial charge >= 0.3 is 0 Å². The second kappa shape index (κ2) is 5.73. The van der Waals surface area contributed by atoms with Gasteiger partial charge in [-0.3, -0.25) is 0 Å². The van der Waals surface area contributed by atoms with Crippen molar-refractivity contribution in [2.75, 3.05) is 18.9 Å². The zero-order chi connectivity index (χ0) is 12.1. The molecule has 1 unspecified atom stereocenters. The Balaban J connectivity index is 2.10. The minimum absolute atomic E-state index is 0.163. The quantitative estimate of drug-likeness (QED) is 0.642. The largest absolute Gasteiger partial charge is 0.488 e. The first-order valence-electron chi connectivity index (χ1n) is 6.03. The second-order valence-corrected chi connectivity index (χ2v) is 4.32. The second-order valence-electron chi connectivity index (χ2n) is 4.32. The van der Waals surface area contributed by atoms with E-state index in [1.807, 2.05) is 24.3 Å². The van der Waals surface area contributed by atoms with Gasteiger partial charge in [0, 0.05) is 12.3 Å². The summed E-state index contributed by atoms with van der Waals surface area (Å²) in [5.41, 5.74) is 7.62. The van der Waals surface area contributed by atoms with Crippen molar-refractivity contribution in [2.24, 2.45) is 0 Å². The lowest BCUT2D eigenvalue weighted by molar-refractivity contribution is 0.00710. The highest BCUT2D eigenvalue weighted by molar-refractivity contribution is 5.48. The van der Waals surface area contributed by atoms with Crippen LogP contribution in [-0.2, 0) is 11.2 Å². The van der Waals surface area contributed by atoms with Crippen LogP contribution >= 0.6 is 0 Å². The summed E-state index contributed by atoms with van der Waals surface area (Å²) in [6.07, 6.45) is 4.91. The Morgan fingerprint density at radius 3 is 3.12 bits per heavy atom. The maximum absolute atomic E-state index is 5.97. The molecule has 0 spiro atoms. The van der Waals surface area contributed by atoms with E-state index in [2.05, 4.69) is 6.58 Å². The van der Waals surface area contributed by atoms with E-state index in [4.69, 9.17) is 15.2 Å². The van der Waals surface area contributed by atoms with Crippen LogP contribution in [0, 0.1) is 0 Å². The van der Waals surface area contributed by atoms with E-state index < -0.39 is 0 Å². The van der Waals surface area contributed by atoms with Gasteiger partial charge in [-0.15, -0.1) is 6.58 Å². The summed E-state index contributed by atoms with van der Waals surface area (Å²) in [6.45, 7) is 5.28. The van der Waals surface area contributed by atoms with Crippen LogP contribution in [0.25, 0.3) is 0 Å². The van der Waals surface area contributed by atoms with Crippen molar-refractivity contribution in [2.45, 2.75) is 25.4 Å². The number of anilines is 1. The van der Waals surface area contributed by atoms with Crippen LogP contribution in [0.2, 0.25) is 0 Å². The van der Waals surface area contributed by atoms with Crippen molar-refractivity contribution in [1.82, 2.24) is 0 Å². The van der Waals surface area contributed by atoms with Gasteiger partial charge in [0.25, 0.3) is 0 Å². The number of allylic oxidation sites excluding steroid dienone is 1. The average Bonchev–Trinajstić information content (AvgIpc) is 2.34. The van der Waals surface area contributed by atoms with E-state index in [1.54, 1.807) is 0 Å². The molecule has 2 N–H and O–H groups in total. The van der Waals surface area contributed by atoms with E-state index in [1.165, 1.54) is 0 Å². The molecule has 3 heteroatoms. The standard InChI is InChI=1S/C14H19NO2/c1-2-4-11-9-12(15)6-7-14(11)17-13-5-3-8-16-10-13/h2,6-7,9,13H,1,3-5,8,10,15H2. The van der Waals surface area contributed by atoms with Gasteiger partial charge in [-0.2, -0.15) is 0 Å². The van der Waals surface area contributed by atoms with Gasteiger partial charge < -0.3 is 15.2 Å². The van der Waals surface area contributed by atoms with Gasteiger partial charge in [0.2, 0.25) is 0 Å². The fourth-order valence-corrected chi connectivity index (χ4v) is 2.01. The van der Waals surface area contributed by atoms with Gasteiger partial charge in [0.1, 0.15) is 11.9 Å². The predicted octanol–water partition coefficient (Wildman–Crippen LogP) is 2.56. The topological polar surface area (TPSA) is 44.5 Å². The van der Waals surface area contributed by atoms with Crippen molar-refractivity contribution in [3.63, 3.8) is 0 Å². The molecule has 1 atom stereocenters. The van der Waals surface area contributed by atoms with Crippen molar-refractivity contribution in [1.29, 1.82) is 0 Å². The molecule has 1 aliphatic rings. The van der Waals surface area contributed by atoms with Gasteiger partial charge in [-0.25, -0.2) is 0 Å². The molecule has 0 radical (unpaired) electrons. The average molecular weight is 233 g/mol. The van der Waals surface area contributed by atoms with Crippen LogP contribution in [0.4, 0.5) is 5.69 Å². The van der Waals surface area contributed by atoms with Crippen LogP contribution in [0.5, 0.6) is 5.75 Å². The molecule has 17 heavy (non-hydrogen) atoms. The molecule has 0 bridgehead atoms. The summed E-state index contributed by atoms with van der Waals surface area (Å²) in [5.74, 6) is 0.898. The fourth-order valence-electron chi connectivity index (χ4n) is 2.01. The lowest BCUT2D eigenvalue weighted by Gasteiger charge is -2.24. The monoisotopic (exact) mass is 233 g/mol. The van der Waals surface area contributed by atoms with Crippen LogP contribution in [0.3, 0.4) is 0 Å². The summed E-state index contributed by atoms with van der Waals surface area (Å²) in [7, 11) is 0. The number of hydrogen-bond acceptors (Lipinski definition) is 3. The maximum atomic E-state index is 5.97. The highest BCUT2D eigenvalue weighted by Crippen LogP contribution is 2.25. The third kappa shape index (κ3) is 3.24. The zero-order valence-electron chi connectivity index (χ0n) is 10.0. The number of nitrogen functional groups attached to an aromatic ring is 1. The third-order valence-electron chi connectivity index (χ3n) is 2.86. The number of rotatable bonds is 4. The molecule has 0 aliphatic carbocycles. The molecule has 92 valence electrons. The molecule has 0 saturated carbocycles. The number of hydrogen-bond donors (Lipinski definition) is 1. The predicted molar refractivity (Wildman–Crippen MR) is 69.2 cm³/mol. The summed E-state index contributed by atoms with van der Waals surface area (Å²) in [6, 6.07) is 5.75. The van der Waals surface area contributed by atoms with Crippen LogP contribution in [-0.4, -0.2) is 19.3 Å². The highest BCUT2D eigenvalue weighted by atomic mass is 16.5. The molecular weight excluding hydrogens is 214 g/mol. The summed E-state index contributed by atoms with van der Waals surface area (Å²) >= 11 is 0. The Bertz CT molecular complexity index is 384. The molecule has 1 heterocycles. The lowest BCUT2D eigenvalue weighted by Crippen LogP contribution is -2.28. The van der Waals surface area contributed by atoms with E-state index in [9.17, 15) is 0 Å². The Labute approximate surface area is 102 Å². The van der Waals surface area contributed by atoms with E-state index >= 15 is 0 Å². The molecule has 1 aromatic carbocycles. The molecule has 0 aromatic heterocycles. The molecule has 3 nitrogen and oxygen atoms in total. The van der Waals surface area contributed by atoms with Crippen molar-refractivity contribution in [3.8, 4) is 5.75 Å². The van der Waals surface area contributed by atoms with Gasteiger partial charge in [0.05, 0.1) is 6.61 Å². The fraction of sp³-hybridized carbons (Fsp3) is 0.429. The first-order valence-corrected chi connectivity index (χ1v) is 6.03. The number of nitrogens with two attached hydrogens (primary N) is 1. The summed E-state index contributed by atoms with van der Waals surface area (Å²) < 4.78 is 11.4. The van der Waals surface area contributed by atoms with E-state index in [-0.39, 0.29) is 6.10 Å². The Morgan fingerprint density at radius 2 is 2.41 bits per heavy atom. The van der Waals surface area contributed by atoms with Crippen molar-refractivity contribution >= 4 is 5.69 Å². The summed E-state index contributed by atoms with van der Waals surface area (Å²) in [4.78, 5) is 0. The number of ether oxygens (including phenoxy) is 2. The van der Waals surface area contributed by atoms with Crippen LogP contribution in [0.15, 0.2) is 30.9 Å². The minimum atomic E-state index is 0.163. The van der Waals surface area contributed by atoms with Gasteiger partial charge in [-0.05, 0) is 43.0 Å². The van der Waals surface area contributed by atoms with Crippen molar-refractivity contribution in [3.05, 3.63) is 36.4 Å². The Hall–Kier alpha value is -1.48. The smallest absolute Gasteiger partial charge is 0.123 e. The zero-order valence-corrected chi connectivity index (χ0v) is 10.0. The molecule has 2 rings (SSSR count). The number of benzene rings is 1. The van der Waals surface area contributed by atoms with E-state index in [0.29, 0.717) is 6.61 Å². The maximum Gasteiger partial charge on any atom is 0.123 e. The minimum Gasteiger partial charge on any atom is -0.488 e. The first kappa shape index (κ1) is 12.0. The third-order valence-corrected chi connectivity index (χ3v) is 2.86. The van der Waals surface area contributed by atoms with E-state index in [0.717, 1.165) is 42.9 Å². The van der Waals surface area contributed by atoms with Crippen molar-refractivity contribution < 1.29 is 9.47 Å². The Morgan fingerprint density at radius 1 is 1.53 bits per heavy atom. The molecule has 1 aromatic rings. The molecule has 1 saturated heterocycles. The molecule has 1 fully saturated rings. The van der Waals surface area contributed by atoms with Gasteiger partial charge in [-0.1, -0.05) is 6.08 Å². The highest BCUT2D eigenvalue weighted by Gasteiger charge is 2.16. The molecule has 0 amide bonds. The SMILES string of the molecule is C=CCc1cc(N)ccc1OC1CCCOC1. The normalized spacial score (nSPS) is 19.9. The van der Waals surface area contributed by atoms with Crippen LogP contribution < -0.4 is 10.5 Å². The molecule has 1 aliphatic heterocycles.